The van der Waals surface area contributed by atoms with Crippen molar-refractivity contribution >= 4 is 0 Å². The van der Waals surface area contributed by atoms with Crippen LogP contribution in [0.1, 0.15) is 11.6 Å². The molecule has 2 rings (SSSR count). The Morgan fingerprint density at radius 3 is 3.08 bits per heavy atom. The average molecular weight is 181 g/mol. The lowest BCUT2D eigenvalue weighted by Gasteiger charge is -2.24. The number of halogens is 1. The van der Waals surface area contributed by atoms with E-state index in [2.05, 4.69) is 15.6 Å². The summed E-state index contributed by atoms with van der Waals surface area (Å²) in [6.45, 7) is 2.61. The Hall–Kier alpha value is -1.00. The molecular formula is C9H12FN3. The first-order valence-corrected chi connectivity index (χ1v) is 4.41. The molecule has 70 valence electrons. The van der Waals surface area contributed by atoms with Gasteiger partial charge in [0.15, 0.2) is 0 Å². The Morgan fingerprint density at radius 2 is 2.38 bits per heavy atom. The topological polar surface area (TPSA) is 37.0 Å². The van der Waals surface area contributed by atoms with Crippen molar-refractivity contribution in [3.63, 3.8) is 0 Å². The second-order valence-corrected chi connectivity index (χ2v) is 3.11. The number of pyridine rings is 1. The quantitative estimate of drug-likeness (QED) is 0.660. The van der Waals surface area contributed by atoms with E-state index in [0.717, 1.165) is 19.6 Å². The third kappa shape index (κ3) is 1.84. The minimum atomic E-state index is -0.233. The molecule has 0 bridgehead atoms. The van der Waals surface area contributed by atoms with Gasteiger partial charge in [0, 0.05) is 37.4 Å². The highest BCUT2D eigenvalue weighted by molar-refractivity contribution is 5.18. The molecule has 1 saturated heterocycles. The van der Waals surface area contributed by atoms with E-state index in [1.807, 2.05) is 0 Å². The third-order valence-electron chi connectivity index (χ3n) is 2.22. The normalized spacial score (nSPS) is 23.0. The zero-order chi connectivity index (χ0) is 9.10. The molecule has 1 aliphatic rings. The highest BCUT2D eigenvalue weighted by Crippen LogP contribution is 2.15. The van der Waals surface area contributed by atoms with Crippen LogP contribution in [-0.2, 0) is 0 Å². The molecule has 1 aliphatic heterocycles. The van der Waals surface area contributed by atoms with Crippen LogP contribution >= 0.6 is 0 Å². The molecule has 0 radical (unpaired) electrons. The van der Waals surface area contributed by atoms with Crippen molar-refractivity contribution in [2.24, 2.45) is 0 Å². The van der Waals surface area contributed by atoms with Crippen molar-refractivity contribution in [3.8, 4) is 0 Å². The Morgan fingerprint density at radius 1 is 1.46 bits per heavy atom. The van der Waals surface area contributed by atoms with Crippen molar-refractivity contribution in [3.05, 3.63) is 29.8 Å². The van der Waals surface area contributed by atoms with Gasteiger partial charge in [-0.05, 0) is 6.07 Å². The molecule has 1 unspecified atom stereocenters. The molecule has 2 heterocycles. The van der Waals surface area contributed by atoms with Gasteiger partial charge in [0.05, 0.1) is 6.20 Å². The van der Waals surface area contributed by atoms with E-state index in [1.165, 1.54) is 6.20 Å². The molecule has 0 aliphatic carbocycles. The largest absolute Gasteiger partial charge is 0.314 e. The molecule has 4 heteroatoms. The summed E-state index contributed by atoms with van der Waals surface area (Å²) in [5, 5.41) is 6.46. The lowest BCUT2D eigenvalue weighted by atomic mass is 10.1. The second-order valence-electron chi connectivity index (χ2n) is 3.11. The monoisotopic (exact) mass is 181 g/mol. The highest BCUT2D eigenvalue weighted by atomic mass is 19.1. The molecule has 2 N–H and O–H groups in total. The predicted octanol–water partition coefficient (Wildman–Crippen LogP) is 0.455. The van der Waals surface area contributed by atoms with Gasteiger partial charge >= 0.3 is 0 Å². The van der Waals surface area contributed by atoms with Gasteiger partial charge in [-0.25, -0.2) is 4.39 Å². The van der Waals surface area contributed by atoms with Gasteiger partial charge in [-0.3, -0.25) is 4.98 Å². The summed E-state index contributed by atoms with van der Waals surface area (Å²) in [6, 6.07) is 1.80. The van der Waals surface area contributed by atoms with Gasteiger partial charge < -0.3 is 10.6 Å². The van der Waals surface area contributed by atoms with Crippen LogP contribution in [0.4, 0.5) is 4.39 Å². The number of hydrogen-bond donors (Lipinski definition) is 2. The Bertz CT molecular complexity index is 284. The summed E-state index contributed by atoms with van der Waals surface area (Å²) in [6.07, 6.45) is 2.88. The van der Waals surface area contributed by atoms with Crippen LogP contribution in [0.15, 0.2) is 18.5 Å². The van der Waals surface area contributed by atoms with Crippen LogP contribution in [0.3, 0.4) is 0 Å². The van der Waals surface area contributed by atoms with Gasteiger partial charge in [0.1, 0.15) is 5.82 Å². The van der Waals surface area contributed by atoms with E-state index < -0.39 is 0 Å². The minimum Gasteiger partial charge on any atom is -0.314 e. The van der Waals surface area contributed by atoms with Crippen molar-refractivity contribution < 1.29 is 4.39 Å². The number of rotatable bonds is 1. The summed E-state index contributed by atoms with van der Waals surface area (Å²) in [5.74, 6) is -0.233. The maximum absolute atomic E-state index is 13.2. The summed E-state index contributed by atoms with van der Waals surface area (Å²) in [5.41, 5.74) is 0.696. The fourth-order valence-corrected chi connectivity index (χ4v) is 1.54. The van der Waals surface area contributed by atoms with E-state index in [4.69, 9.17) is 0 Å². The first kappa shape index (κ1) is 8.59. The summed E-state index contributed by atoms with van der Waals surface area (Å²) >= 11 is 0. The van der Waals surface area contributed by atoms with Gasteiger partial charge in [-0.1, -0.05) is 0 Å². The van der Waals surface area contributed by atoms with Gasteiger partial charge in [-0.2, -0.15) is 0 Å². The van der Waals surface area contributed by atoms with E-state index in [9.17, 15) is 4.39 Å². The van der Waals surface area contributed by atoms with Crippen molar-refractivity contribution in [1.82, 2.24) is 15.6 Å². The van der Waals surface area contributed by atoms with Crippen LogP contribution in [0, 0.1) is 5.82 Å². The van der Waals surface area contributed by atoms with Gasteiger partial charge in [0.25, 0.3) is 0 Å². The molecule has 0 aromatic carbocycles. The van der Waals surface area contributed by atoms with E-state index in [0.29, 0.717) is 5.56 Å². The molecule has 0 saturated carbocycles. The van der Waals surface area contributed by atoms with Gasteiger partial charge in [-0.15, -0.1) is 0 Å². The van der Waals surface area contributed by atoms with Crippen LogP contribution in [0.25, 0.3) is 0 Å². The maximum atomic E-state index is 13.2. The predicted molar refractivity (Wildman–Crippen MR) is 47.8 cm³/mol. The SMILES string of the molecule is Fc1cnccc1C1CNCCN1. The number of nitrogens with one attached hydrogen (secondary N) is 2. The third-order valence-corrected chi connectivity index (χ3v) is 2.22. The Balaban J connectivity index is 2.18. The number of piperazine rings is 1. The van der Waals surface area contributed by atoms with Crippen LogP contribution in [0.5, 0.6) is 0 Å². The summed E-state index contributed by atoms with van der Waals surface area (Å²) < 4.78 is 13.2. The molecule has 3 nitrogen and oxygen atoms in total. The van der Waals surface area contributed by atoms with Crippen molar-refractivity contribution in [2.75, 3.05) is 19.6 Å². The molecule has 0 spiro atoms. The lowest BCUT2D eigenvalue weighted by Crippen LogP contribution is -2.42. The zero-order valence-electron chi connectivity index (χ0n) is 7.26. The first-order chi connectivity index (χ1) is 6.38. The van der Waals surface area contributed by atoms with E-state index in [1.54, 1.807) is 12.3 Å². The molecule has 13 heavy (non-hydrogen) atoms. The summed E-state index contributed by atoms with van der Waals surface area (Å²) in [4.78, 5) is 3.72. The fraction of sp³-hybridized carbons (Fsp3) is 0.444. The van der Waals surface area contributed by atoms with Crippen molar-refractivity contribution in [2.45, 2.75) is 6.04 Å². The molecule has 1 fully saturated rings. The number of nitrogens with zero attached hydrogens (tertiary/aromatic N) is 1. The van der Waals surface area contributed by atoms with Crippen molar-refractivity contribution in [1.29, 1.82) is 0 Å². The summed E-state index contributed by atoms with van der Waals surface area (Å²) in [7, 11) is 0. The van der Waals surface area contributed by atoms with Crippen LogP contribution < -0.4 is 10.6 Å². The zero-order valence-corrected chi connectivity index (χ0v) is 7.26. The number of hydrogen-bond acceptors (Lipinski definition) is 3. The first-order valence-electron chi connectivity index (χ1n) is 4.41. The molecule has 1 aromatic heterocycles. The van der Waals surface area contributed by atoms with E-state index in [-0.39, 0.29) is 11.9 Å². The molecule has 0 amide bonds. The average Bonchev–Trinajstić information content (AvgIpc) is 2.20. The molecular weight excluding hydrogens is 169 g/mol. The maximum Gasteiger partial charge on any atom is 0.146 e. The second kappa shape index (κ2) is 3.81. The standard InChI is InChI=1S/C9H12FN3/c10-8-5-11-2-1-7(8)9-6-12-3-4-13-9/h1-2,5,9,12-13H,3-4,6H2. The lowest BCUT2D eigenvalue weighted by molar-refractivity contribution is 0.416. The minimum absolute atomic E-state index is 0.0803. The molecule has 1 aromatic rings. The van der Waals surface area contributed by atoms with E-state index >= 15 is 0 Å². The highest BCUT2D eigenvalue weighted by Gasteiger charge is 2.17. The number of aromatic nitrogens is 1. The Labute approximate surface area is 76.4 Å². The van der Waals surface area contributed by atoms with Crippen LogP contribution in [-0.4, -0.2) is 24.6 Å². The van der Waals surface area contributed by atoms with Crippen LogP contribution in [0.2, 0.25) is 0 Å². The molecule has 1 atom stereocenters. The smallest absolute Gasteiger partial charge is 0.146 e. The fourth-order valence-electron chi connectivity index (χ4n) is 1.54. The Kier molecular flexibility index (Phi) is 2.52. The van der Waals surface area contributed by atoms with Gasteiger partial charge in [0.2, 0.25) is 0 Å².